The van der Waals surface area contributed by atoms with Crippen LogP contribution in [0.5, 0.6) is 11.5 Å². The molecule has 4 heterocycles. The van der Waals surface area contributed by atoms with Gasteiger partial charge < -0.3 is 19.1 Å². The lowest BCUT2D eigenvalue weighted by Gasteiger charge is -2.38. The fourth-order valence-electron chi connectivity index (χ4n) is 5.75. The molecule has 0 amide bonds. The van der Waals surface area contributed by atoms with E-state index in [0.29, 0.717) is 12.6 Å². The molecule has 0 atom stereocenters. The second kappa shape index (κ2) is 11.0. The molecule has 3 aromatic rings. The highest BCUT2D eigenvalue weighted by atomic mass is 16.5. The molecule has 8 nitrogen and oxygen atoms in total. The minimum absolute atomic E-state index is 0.479. The van der Waals surface area contributed by atoms with Crippen molar-refractivity contribution in [1.82, 2.24) is 19.4 Å². The van der Waals surface area contributed by atoms with Crippen LogP contribution in [0.2, 0.25) is 0 Å². The van der Waals surface area contributed by atoms with E-state index in [0.717, 1.165) is 105 Å². The normalized spacial score (nSPS) is 18.3. The van der Waals surface area contributed by atoms with E-state index in [2.05, 4.69) is 75.7 Å². The summed E-state index contributed by atoms with van der Waals surface area (Å²) in [5.74, 6) is 2.73. The topological polar surface area (TPSA) is 55.2 Å². The van der Waals surface area contributed by atoms with Crippen LogP contribution in [0.25, 0.3) is 16.8 Å². The molecule has 0 unspecified atom stereocenters. The van der Waals surface area contributed by atoms with Gasteiger partial charge in [-0.3, -0.25) is 14.4 Å². The van der Waals surface area contributed by atoms with Crippen molar-refractivity contribution in [1.29, 1.82) is 0 Å². The van der Waals surface area contributed by atoms with Gasteiger partial charge in [-0.15, -0.1) is 0 Å². The van der Waals surface area contributed by atoms with E-state index in [4.69, 9.17) is 19.2 Å². The molecule has 3 aliphatic heterocycles. The van der Waals surface area contributed by atoms with E-state index in [9.17, 15) is 0 Å². The van der Waals surface area contributed by atoms with Gasteiger partial charge in [0.1, 0.15) is 18.1 Å². The van der Waals surface area contributed by atoms with Crippen molar-refractivity contribution in [2.24, 2.45) is 0 Å². The van der Waals surface area contributed by atoms with Crippen molar-refractivity contribution in [2.75, 3.05) is 71.0 Å². The van der Waals surface area contributed by atoms with E-state index in [1.54, 1.807) is 7.11 Å². The first-order valence-electron chi connectivity index (χ1n) is 13.9. The summed E-state index contributed by atoms with van der Waals surface area (Å²) in [4.78, 5) is 12.3. The smallest absolute Gasteiger partial charge is 0.151 e. The molecule has 0 bridgehead atoms. The van der Waals surface area contributed by atoms with Crippen molar-refractivity contribution >= 4 is 5.69 Å². The zero-order valence-electron chi connectivity index (χ0n) is 22.9. The van der Waals surface area contributed by atoms with Gasteiger partial charge in [0.15, 0.2) is 5.82 Å². The molecule has 0 radical (unpaired) electrons. The number of hydrogen-bond acceptors (Lipinski definition) is 7. The van der Waals surface area contributed by atoms with Gasteiger partial charge in [-0.1, -0.05) is 6.07 Å². The second-order valence-corrected chi connectivity index (χ2v) is 10.7. The van der Waals surface area contributed by atoms with Crippen LogP contribution in [0.1, 0.15) is 25.4 Å². The molecule has 2 saturated heterocycles. The van der Waals surface area contributed by atoms with Crippen LogP contribution >= 0.6 is 0 Å². The zero-order chi connectivity index (χ0) is 26.1. The summed E-state index contributed by atoms with van der Waals surface area (Å²) in [7, 11) is 1.75. The van der Waals surface area contributed by atoms with Crippen LogP contribution in [0.15, 0.2) is 42.6 Å². The lowest BCUT2D eigenvalue weighted by molar-refractivity contribution is 0.0383. The molecular formula is C30H39N5O3. The Bertz CT molecular complexity index is 1260. The molecule has 1 aromatic heterocycles. The number of piperazine rings is 1. The van der Waals surface area contributed by atoms with Gasteiger partial charge in [0.05, 0.1) is 31.7 Å². The number of benzene rings is 2. The minimum Gasteiger partial charge on any atom is -0.496 e. The number of fused-ring (bicyclic) bond motifs is 3. The average Bonchev–Trinajstić information content (AvgIpc) is 3.40. The summed E-state index contributed by atoms with van der Waals surface area (Å²) < 4.78 is 19.7. The van der Waals surface area contributed by atoms with Crippen LogP contribution < -0.4 is 14.4 Å². The number of hydrogen-bond donors (Lipinski definition) is 0. The third-order valence-corrected chi connectivity index (χ3v) is 8.10. The number of aromatic nitrogens is 2. The van der Waals surface area contributed by atoms with Crippen LogP contribution in [0.3, 0.4) is 0 Å². The molecule has 3 aliphatic rings. The first kappa shape index (κ1) is 25.2. The molecule has 0 N–H and O–H groups in total. The zero-order valence-corrected chi connectivity index (χ0v) is 22.9. The predicted molar refractivity (Wildman–Crippen MR) is 150 cm³/mol. The Morgan fingerprint density at radius 1 is 0.974 bits per heavy atom. The first-order valence-corrected chi connectivity index (χ1v) is 13.9. The van der Waals surface area contributed by atoms with Crippen molar-refractivity contribution in [2.45, 2.75) is 32.9 Å². The number of anilines is 1. The summed E-state index contributed by atoms with van der Waals surface area (Å²) in [6.07, 6.45) is 3.11. The van der Waals surface area contributed by atoms with Gasteiger partial charge in [0.25, 0.3) is 0 Å². The number of methoxy groups -OCH3 is 1. The predicted octanol–water partition coefficient (Wildman–Crippen LogP) is 3.85. The molecule has 0 saturated carbocycles. The van der Waals surface area contributed by atoms with Gasteiger partial charge >= 0.3 is 0 Å². The van der Waals surface area contributed by atoms with Crippen LogP contribution in [-0.4, -0.2) is 91.5 Å². The van der Waals surface area contributed by atoms with Crippen molar-refractivity contribution in [3.8, 4) is 28.3 Å². The Morgan fingerprint density at radius 3 is 2.55 bits per heavy atom. The first-order chi connectivity index (χ1) is 18.6. The standard InChI is InChI=1S/C30H39N5O3/c1-22(2)33-10-12-34(13-11-33)25-5-6-26(28(19-25)36-3)23-4-7-27-29(18-23)38-21-30-31-24(20-35(27)30)8-9-32-14-16-37-17-15-32/h4-7,18-20,22H,8-17,21H2,1-3H3. The fraction of sp³-hybridized carbons (Fsp3) is 0.500. The largest absolute Gasteiger partial charge is 0.496 e. The van der Waals surface area contributed by atoms with Crippen molar-refractivity contribution in [3.05, 3.63) is 54.1 Å². The molecule has 0 spiro atoms. The van der Waals surface area contributed by atoms with Crippen LogP contribution in [-0.2, 0) is 17.8 Å². The van der Waals surface area contributed by atoms with Crippen molar-refractivity contribution < 1.29 is 14.2 Å². The highest BCUT2D eigenvalue weighted by molar-refractivity contribution is 5.76. The monoisotopic (exact) mass is 517 g/mol. The molecular weight excluding hydrogens is 478 g/mol. The third-order valence-electron chi connectivity index (χ3n) is 8.10. The van der Waals surface area contributed by atoms with E-state index in [-0.39, 0.29) is 0 Å². The lowest BCUT2D eigenvalue weighted by atomic mass is 10.0. The average molecular weight is 518 g/mol. The Morgan fingerprint density at radius 2 is 1.79 bits per heavy atom. The molecule has 2 fully saturated rings. The Kier molecular flexibility index (Phi) is 7.28. The summed E-state index contributed by atoms with van der Waals surface area (Å²) in [6, 6.07) is 13.6. The number of morpholine rings is 1. The van der Waals surface area contributed by atoms with E-state index >= 15 is 0 Å². The highest BCUT2D eigenvalue weighted by Gasteiger charge is 2.23. The van der Waals surface area contributed by atoms with Crippen molar-refractivity contribution in [3.63, 3.8) is 0 Å². The molecule has 38 heavy (non-hydrogen) atoms. The maximum absolute atomic E-state index is 6.18. The van der Waals surface area contributed by atoms with E-state index < -0.39 is 0 Å². The maximum atomic E-state index is 6.18. The van der Waals surface area contributed by atoms with Gasteiger partial charge in [0.2, 0.25) is 0 Å². The van der Waals surface area contributed by atoms with Gasteiger partial charge in [-0.25, -0.2) is 4.98 Å². The fourth-order valence-corrected chi connectivity index (χ4v) is 5.75. The molecule has 8 heteroatoms. The maximum Gasteiger partial charge on any atom is 0.151 e. The van der Waals surface area contributed by atoms with Gasteiger partial charge in [-0.2, -0.15) is 0 Å². The second-order valence-electron chi connectivity index (χ2n) is 10.7. The number of nitrogens with zero attached hydrogens (tertiary/aromatic N) is 5. The lowest BCUT2D eigenvalue weighted by Crippen LogP contribution is -2.48. The molecule has 2 aromatic carbocycles. The minimum atomic E-state index is 0.479. The van der Waals surface area contributed by atoms with E-state index in [1.807, 2.05) is 0 Å². The summed E-state index contributed by atoms with van der Waals surface area (Å²) in [6.45, 7) is 13.9. The van der Waals surface area contributed by atoms with Crippen LogP contribution in [0.4, 0.5) is 5.69 Å². The molecule has 202 valence electrons. The van der Waals surface area contributed by atoms with E-state index in [1.165, 1.54) is 5.69 Å². The molecule has 6 rings (SSSR count). The SMILES string of the molecule is COc1cc(N2CCN(C(C)C)CC2)ccc1-c1ccc2c(c1)OCc1nc(CCN3CCOCC3)cn1-2. The Hall–Kier alpha value is -3.07. The number of rotatable bonds is 7. The Balaban J connectivity index is 1.19. The van der Waals surface area contributed by atoms with Crippen LogP contribution in [0, 0.1) is 0 Å². The third kappa shape index (κ3) is 5.13. The quantitative estimate of drug-likeness (QED) is 0.472. The van der Waals surface area contributed by atoms with Gasteiger partial charge in [-0.05, 0) is 43.7 Å². The Labute approximate surface area is 225 Å². The highest BCUT2D eigenvalue weighted by Crippen LogP contribution is 2.39. The number of imidazole rings is 1. The summed E-state index contributed by atoms with van der Waals surface area (Å²) >= 11 is 0. The van der Waals surface area contributed by atoms with Gasteiger partial charge in [0, 0.05) is 81.8 Å². The summed E-state index contributed by atoms with van der Waals surface area (Å²) in [5.41, 5.74) is 5.53. The molecule has 0 aliphatic carbocycles. The summed E-state index contributed by atoms with van der Waals surface area (Å²) in [5, 5.41) is 0. The number of ether oxygens (including phenoxy) is 3.